The molecule has 2 atom stereocenters. The Bertz CT molecular complexity index is 280. The van der Waals surface area contributed by atoms with E-state index in [-0.39, 0.29) is 0 Å². The van der Waals surface area contributed by atoms with Crippen molar-refractivity contribution in [3.05, 3.63) is 30.1 Å². The molecule has 0 aliphatic heterocycles. The molecule has 0 bridgehead atoms. The van der Waals surface area contributed by atoms with Crippen LogP contribution in [0.3, 0.4) is 0 Å². The molecule has 2 rings (SSSR count). The van der Waals surface area contributed by atoms with Gasteiger partial charge in [0.15, 0.2) is 0 Å². The van der Waals surface area contributed by atoms with Crippen molar-refractivity contribution in [3.63, 3.8) is 0 Å². The van der Waals surface area contributed by atoms with Gasteiger partial charge in [-0.25, -0.2) is 0 Å². The van der Waals surface area contributed by atoms with Gasteiger partial charge in [-0.1, -0.05) is 13.0 Å². The minimum absolute atomic E-state index is 0.522. The molecule has 1 N–H and O–H groups in total. The number of hydrogen-bond acceptors (Lipinski definition) is 2. The summed E-state index contributed by atoms with van der Waals surface area (Å²) < 4.78 is 0. The number of nitrogens with one attached hydrogen (secondary N) is 1. The molecule has 1 heterocycles. The third-order valence-corrected chi connectivity index (χ3v) is 3.16. The first-order chi connectivity index (χ1) is 6.83. The number of rotatable bonds is 4. The smallest absolute Gasteiger partial charge is 0.0447 e. The van der Waals surface area contributed by atoms with Gasteiger partial charge in [0.05, 0.1) is 0 Å². The lowest BCUT2D eigenvalue weighted by Gasteiger charge is -2.22. The lowest BCUT2D eigenvalue weighted by Crippen LogP contribution is -2.33. The molecule has 1 saturated carbocycles. The zero-order valence-electron chi connectivity index (χ0n) is 8.90. The van der Waals surface area contributed by atoms with Crippen LogP contribution >= 0.6 is 0 Å². The normalized spacial score (nSPS) is 20.4. The molecule has 0 aromatic carbocycles. The molecule has 0 spiro atoms. The maximum absolute atomic E-state index is 4.42. The van der Waals surface area contributed by atoms with Crippen molar-refractivity contribution >= 4 is 0 Å². The molecule has 1 aliphatic carbocycles. The molecule has 2 heteroatoms. The molecule has 1 aliphatic rings. The van der Waals surface area contributed by atoms with Gasteiger partial charge in [0, 0.05) is 23.9 Å². The van der Waals surface area contributed by atoms with Gasteiger partial charge in [0.2, 0.25) is 0 Å². The highest BCUT2D eigenvalue weighted by molar-refractivity contribution is 5.12. The largest absolute Gasteiger partial charge is 0.316 e. The maximum atomic E-state index is 4.42. The number of aromatic nitrogens is 1. The molecule has 2 unspecified atom stereocenters. The highest BCUT2D eigenvalue weighted by Crippen LogP contribution is 2.38. The SMILES string of the molecule is CNC(C1CC1)C(C)c1ccccn1. The van der Waals surface area contributed by atoms with Crippen LogP contribution in [0.25, 0.3) is 0 Å². The van der Waals surface area contributed by atoms with Crippen molar-refractivity contribution in [1.82, 2.24) is 10.3 Å². The van der Waals surface area contributed by atoms with Gasteiger partial charge in [-0.15, -0.1) is 0 Å². The fourth-order valence-electron chi connectivity index (χ4n) is 2.18. The van der Waals surface area contributed by atoms with E-state index in [2.05, 4.69) is 36.4 Å². The second kappa shape index (κ2) is 4.09. The van der Waals surface area contributed by atoms with Gasteiger partial charge in [0.1, 0.15) is 0 Å². The van der Waals surface area contributed by atoms with E-state index in [1.807, 2.05) is 12.3 Å². The van der Waals surface area contributed by atoms with E-state index in [1.165, 1.54) is 18.5 Å². The van der Waals surface area contributed by atoms with E-state index in [0.29, 0.717) is 12.0 Å². The minimum Gasteiger partial charge on any atom is -0.316 e. The van der Waals surface area contributed by atoms with Gasteiger partial charge >= 0.3 is 0 Å². The van der Waals surface area contributed by atoms with Crippen molar-refractivity contribution in [1.29, 1.82) is 0 Å². The zero-order valence-corrected chi connectivity index (χ0v) is 8.90. The summed E-state index contributed by atoms with van der Waals surface area (Å²) in [6.07, 6.45) is 4.64. The minimum atomic E-state index is 0.522. The number of likely N-dealkylation sites (N-methyl/N-ethyl adjacent to an activating group) is 1. The van der Waals surface area contributed by atoms with Crippen LogP contribution in [0, 0.1) is 5.92 Å². The van der Waals surface area contributed by atoms with E-state index in [0.717, 1.165) is 5.92 Å². The van der Waals surface area contributed by atoms with E-state index < -0.39 is 0 Å². The fraction of sp³-hybridized carbons (Fsp3) is 0.583. The first kappa shape index (κ1) is 9.66. The van der Waals surface area contributed by atoms with Crippen molar-refractivity contribution in [2.75, 3.05) is 7.05 Å². The lowest BCUT2D eigenvalue weighted by atomic mass is 9.94. The number of nitrogens with zero attached hydrogens (tertiary/aromatic N) is 1. The molecule has 76 valence electrons. The van der Waals surface area contributed by atoms with Crippen LogP contribution in [-0.4, -0.2) is 18.1 Å². The highest BCUT2D eigenvalue weighted by Gasteiger charge is 2.34. The summed E-state index contributed by atoms with van der Waals surface area (Å²) >= 11 is 0. The van der Waals surface area contributed by atoms with Crippen LogP contribution < -0.4 is 5.32 Å². The standard InChI is InChI=1S/C12H18N2/c1-9(11-5-3-4-8-14-11)12(13-2)10-6-7-10/h3-5,8-10,12-13H,6-7H2,1-2H3. The molecule has 0 saturated heterocycles. The first-order valence-corrected chi connectivity index (χ1v) is 5.41. The Morgan fingerprint density at radius 1 is 1.43 bits per heavy atom. The fourth-order valence-corrected chi connectivity index (χ4v) is 2.18. The first-order valence-electron chi connectivity index (χ1n) is 5.41. The van der Waals surface area contributed by atoms with Crippen molar-refractivity contribution in [3.8, 4) is 0 Å². The Balaban J connectivity index is 2.09. The van der Waals surface area contributed by atoms with Gasteiger partial charge in [-0.05, 0) is 37.9 Å². The van der Waals surface area contributed by atoms with Crippen molar-refractivity contribution in [2.24, 2.45) is 5.92 Å². The predicted molar refractivity (Wildman–Crippen MR) is 58.2 cm³/mol. The van der Waals surface area contributed by atoms with Crippen LogP contribution in [0.15, 0.2) is 24.4 Å². The number of pyridine rings is 1. The highest BCUT2D eigenvalue weighted by atomic mass is 14.9. The molecule has 1 fully saturated rings. The predicted octanol–water partition coefficient (Wildman–Crippen LogP) is 2.18. The Morgan fingerprint density at radius 3 is 2.71 bits per heavy atom. The average molecular weight is 190 g/mol. The topological polar surface area (TPSA) is 24.9 Å². The second-order valence-electron chi connectivity index (χ2n) is 4.20. The van der Waals surface area contributed by atoms with Crippen LogP contribution in [0.1, 0.15) is 31.4 Å². The average Bonchev–Trinajstić information content (AvgIpc) is 3.04. The quantitative estimate of drug-likeness (QED) is 0.787. The molecule has 1 aromatic rings. The van der Waals surface area contributed by atoms with Crippen LogP contribution in [-0.2, 0) is 0 Å². The van der Waals surface area contributed by atoms with Crippen LogP contribution in [0.4, 0.5) is 0 Å². The molecule has 14 heavy (non-hydrogen) atoms. The van der Waals surface area contributed by atoms with E-state index in [4.69, 9.17) is 0 Å². The molecule has 1 aromatic heterocycles. The Hall–Kier alpha value is -0.890. The zero-order chi connectivity index (χ0) is 9.97. The van der Waals surface area contributed by atoms with Crippen molar-refractivity contribution in [2.45, 2.75) is 31.7 Å². The summed E-state index contributed by atoms with van der Waals surface area (Å²) in [5.74, 6) is 1.39. The monoisotopic (exact) mass is 190 g/mol. The van der Waals surface area contributed by atoms with Gasteiger partial charge in [-0.2, -0.15) is 0 Å². The summed E-state index contributed by atoms with van der Waals surface area (Å²) in [5, 5.41) is 3.42. The van der Waals surface area contributed by atoms with Crippen LogP contribution in [0.2, 0.25) is 0 Å². The lowest BCUT2D eigenvalue weighted by molar-refractivity contribution is 0.431. The summed E-state index contributed by atoms with van der Waals surface area (Å²) in [6.45, 7) is 2.27. The van der Waals surface area contributed by atoms with E-state index >= 15 is 0 Å². The third kappa shape index (κ3) is 1.95. The van der Waals surface area contributed by atoms with Gasteiger partial charge < -0.3 is 5.32 Å². The summed E-state index contributed by atoms with van der Waals surface area (Å²) in [7, 11) is 2.06. The Kier molecular flexibility index (Phi) is 2.82. The Labute approximate surface area is 85.7 Å². The summed E-state index contributed by atoms with van der Waals surface area (Å²) in [5.41, 5.74) is 1.21. The van der Waals surface area contributed by atoms with Crippen LogP contribution in [0.5, 0.6) is 0 Å². The van der Waals surface area contributed by atoms with Crippen molar-refractivity contribution < 1.29 is 0 Å². The number of hydrogen-bond donors (Lipinski definition) is 1. The van der Waals surface area contributed by atoms with Gasteiger partial charge in [0.25, 0.3) is 0 Å². The molecule has 2 nitrogen and oxygen atoms in total. The summed E-state index contributed by atoms with van der Waals surface area (Å²) in [6, 6.07) is 6.77. The molecular formula is C12H18N2. The third-order valence-electron chi connectivity index (χ3n) is 3.16. The van der Waals surface area contributed by atoms with E-state index in [9.17, 15) is 0 Å². The maximum Gasteiger partial charge on any atom is 0.0447 e. The van der Waals surface area contributed by atoms with E-state index in [1.54, 1.807) is 0 Å². The molecular weight excluding hydrogens is 172 g/mol. The van der Waals surface area contributed by atoms with Gasteiger partial charge in [-0.3, -0.25) is 4.98 Å². The Morgan fingerprint density at radius 2 is 2.21 bits per heavy atom. The molecule has 0 radical (unpaired) electrons. The molecule has 0 amide bonds. The summed E-state index contributed by atoms with van der Waals surface area (Å²) in [4.78, 5) is 4.42. The second-order valence-corrected chi connectivity index (χ2v) is 4.20.